The predicted molar refractivity (Wildman–Crippen MR) is 97.7 cm³/mol. The molecule has 0 spiro atoms. The first-order chi connectivity index (χ1) is 12.3. The maximum absolute atomic E-state index is 13.0. The van der Waals surface area contributed by atoms with E-state index < -0.39 is 6.03 Å². The molecule has 3 rings (SSSR count). The van der Waals surface area contributed by atoms with E-state index >= 15 is 0 Å². The number of aryl methyl sites for hydroxylation is 1. The Kier molecular flexibility index (Phi) is 4.68. The number of aromatic nitrogens is 1. The molecule has 1 N–H and O–H groups in total. The summed E-state index contributed by atoms with van der Waals surface area (Å²) in [4.78, 5) is 25.9. The molecule has 1 aliphatic heterocycles. The van der Waals surface area contributed by atoms with Gasteiger partial charge in [-0.3, -0.25) is 9.69 Å². The van der Waals surface area contributed by atoms with Crippen molar-refractivity contribution in [2.45, 2.75) is 40.3 Å². The number of benzene rings is 1. The Labute approximate surface area is 152 Å². The summed E-state index contributed by atoms with van der Waals surface area (Å²) in [5, 5.41) is 2.63. The van der Waals surface area contributed by atoms with E-state index in [1.807, 2.05) is 19.9 Å². The Bertz CT molecular complexity index is 895. The minimum Gasteiger partial charge on any atom is -0.346 e. The average Bonchev–Trinajstić information content (AvgIpc) is 3.00. The van der Waals surface area contributed by atoms with E-state index in [0.29, 0.717) is 11.6 Å². The number of amides is 3. The molecule has 1 fully saturated rings. The van der Waals surface area contributed by atoms with Gasteiger partial charge >= 0.3 is 6.03 Å². The molecule has 2 heterocycles. The first-order valence-electron chi connectivity index (χ1n) is 8.55. The van der Waals surface area contributed by atoms with Crippen LogP contribution in [-0.4, -0.2) is 21.4 Å². The maximum atomic E-state index is 13.0. The van der Waals surface area contributed by atoms with Gasteiger partial charge < -0.3 is 9.88 Å². The third kappa shape index (κ3) is 3.27. The van der Waals surface area contributed by atoms with Gasteiger partial charge in [-0.05, 0) is 63.1 Å². The van der Waals surface area contributed by atoms with Crippen molar-refractivity contribution in [3.63, 3.8) is 0 Å². The van der Waals surface area contributed by atoms with Gasteiger partial charge in [0.05, 0.1) is 6.54 Å². The van der Waals surface area contributed by atoms with Crippen LogP contribution in [0.4, 0.5) is 9.18 Å². The lowest BCUT2D eigenvalue weighted by Gasteiger charge is -2.13. The van der Waals surface area contributed by atoms with Crippen molar-refractivity contribution in [1.29, 1.82) is 0 Å². The largest absolute Gasteiger partial charge is 0.346 e. The molecule has 5 nitrogen and oxygen atoms in total. The van der Waals surface area contributed by atoms with E-state index in [0.717, 1.165) is 21.9 Å². The highest BCUT2D eigenvalue weighted by atomic mass is 19.1. The van der Waals surface area contributed by atoms with Crippen LogP contribution in [0.5, 0.6) is 0 Å². The summed E-state index contributed by atoms with van der Waals surface area (Å²) in [6.07, 6.45) is 1.71. The molecular weight excluding hydrogens is 333 g/mol. The van der Waals surface area contributed by atoms with E-state index in [-0.39, 0.29) is 24.0 Å². The zero-order chi connectivity index (χ0) is 19.0. The summed E-state index contributed by atoms with van der Waals surface area (Å²) < 4.78 is 15.2. The van der Waals surface area contributed by atoms with Gasteiger partial charge in [-0.25, -0.2) is 9.18 Å². The number of carbonyl (C=O) groups excluding carboxylic acids is 2. The molecule has 1 aromatic carbocycles. The van der Waals surface area contributed by atoms with Crippen LogP contribution >= 0.6 is 0 Å². The number of rotatable bonds is 4. The monoisotopic (exact) mass is 355 g/mol. The molecule has 3 amide bonds. The van der Waals surface area contributed by atoms with Gasteiger partial charge in [0.25, 0.3) is 5.91 Å². The predicted octanol–water partition coefficient (Wildman–Crippen LogP) is 3.92. The van der Waals surface area contributed by atoms with Crippen molar-refractivity contribution in [2.24, 2.45) is 0 Å². The number of nitrogens with zero attached hydrogens (tertiary/aromatic N) is 2. The Morgan fingerprint density at radius 3 is 2.38 bits per heavy atom. The number of halogens is 1. The summed E-state index contributed by atoms with van der Waals surface area (Å²) in [6, 6.07) is 7.59. The number of carbonyl (C=O) groups is 2. The molecule has 2 aromatic rings. The second-order valence-corrected chi connectivity index (χ2v) is 6.80. The maximum Gasteiger partial charge on any atom is 0.329 e. The molecule has 0 aliphatic carbocycles. The van der Waals surface area contributed by atoms with Crippen LogP contribution in [0.15, 0.2) is 36.0 Å². The minimum atomic E-state index is -0.469. The van der Waals surface area contributed by atoms with Crippen molar-refractivity contribution in [3.05, 3.63) is 64.4 Å². The lowest BCUT2D eigenvalue weighted by atomic mass is 10.2. The summed E-state index contributed by atoms with van der Waals surface area (Å²) in [5.41, 5.74) is 3.99. The van der Waals surface area contributed by atoms with Crippen molar-refractivity contribution < 1.29 is 14.0 Å². The molecule has 0 saturated carbocycles. The second-order valence-electron chi connectivity index (χ2n) is 6.80. The van der Waals surface area contributed by atoms with Crippen molar-refractivity contribution in [3.8, 4) is 0 Å². The summed E-state index contributed by atoms with van der Waals surface area (Å²) >= 11 is 0. The molecule has 1 aromatic heterocycles. The quantitative estimate of drug-likeness (QED) is 0.668. The molecule has 0 unspecified atom stereocenters. The number of imide groups is 1. The molecule has 6 heteroatoms. The number of urea groups is 1. The minimum absolute atomic E-state index is 0.104. The van der Waals surface area contributed by atoms with Gasteiger partial charge in [0.2, 0.25) is 0 Å². The van der Waals surface area contributed by atoms with Crippen molar-refractivity contribution >= 4 is 18.0 Å². The lowest BCUT2D eigenvalue weighted by molar-refractivity contribution is -0.123. The van der Waals surface area contributed by atoms with Gasteiger partial charge in [-0.15, -0.1) is 0 Å². The van der Waals surface area contributed by atoms with Gasteiger partial charge in [0, 0.05) is 17.4 Å². The summed E-state index contributed by atoms with van der Waals surface area (Å²) in [7, 11) is 0. The molecule has 26 heavy (non-hydrogen) atoms. The molecule has 0 atom stereocenters. The van der Waals surface area contributed by atoms with E-state index in [1.165, 1.54) is 12.1 Å². The van der Waals surface area contributed by atoms with Gasteiger partial charge in [-0.1, -0.05) is 12.1 Å². The van der Waals surface area contributed by atoms with E-state index in [1.54, 1.807) is 18.2 Å². The Hall–Kier alpha value is -2.89. The smallest absolute Gasteiger partial charge is 0.329 e. The van der Waals surface area contributed by atoms with Crippen LogP contribution in [0.25, 0.3) is 6.08 Å². The average molecular weight is 355 g/mol. The Balaban J connectivity index is 1.86. The van der Waals surface area contributed by atoms with Crippen molar-refractivity contribution in [2.75, 3.05) is 0 Å². The molecule has 0 bridgehead atoms. The van der Waals surface area contributed by atoms with Crippen LogP contribution in [0.1, 0.15) is 42.4 Å². The van der Waals surface area contributed by atoms with E-state index in [9.17, 15) is 14.0 Å². The zero-order valence-electron chi connectivity index (χ0n) is 15.3. The third-order valence-corrected chi connectivity index (χ3v) is 4.56. The highest BCUT2D eigenvalue weighted by Crippen LogP contribution is 2.24. The van der Waals surface area contributed by atoms with Gasteiger partial charge in [-0.2, -0.15) is 0 Å². The van der Waals surface area contributed by atoms with Crippen LogP contribution in [0.2, 0.25) is 0 Å². The van der Waals surface area contributed by atoms with Crippen LogP contribution in [0.3, 0.4) is 0 Å². The second kappa shape index (κ2) is 6.78. The van der Waals surface area contributed by atoms with Gasteiger partial charge in [0.15, 0.2) is 0 Å². The standard InChI is InChI=1S/C20H22FN3O2/c1-12(2)24-13(3)9-16(14(24)4)10-18-19(25)23(20(26)22-18)11-15-5-7-17(21)8-6-15/h5-10,12H,11H2,1-4H3,(H,22,26)/b18-10+. The molecule has 1 aliphatic rings. The topological polar surface area (TPSA) is 54.3 Å². The first-order valence-corrected chi connectivity index (χ1v) is 8.55. The number of nitrogens with one attached hydrogen (secondary N) is 1. The highest BCUT2D eigenvalue weighted by Gasteiger charge is 2.33. The first kappa shape index (κ1) is 17.9. The molecular formula is C20H22FN3O2. The molecule has 1 saturated heterocycles. The summed E-state index contributed by atoms with van der Waals surface area (Å²) in [6.45, 7) is 8.32. The van der Waals surface area contributed by atoms with Crippen LogP contribution in [-0.2, 0) is 11.3 Å². The van der Waals surface area contributed by atoms with Gasteiger partial charge in [0.1, 0.15) is 11.5 Å². The van der Waals surface area contributed by atoms with Crippen LogP contribution < -0.4 is 5.32 Å². The Morgan fingerprint density at radius 2 is 1.81 bits per heavy atom. The Morgan fingerprint density at radius 1 is 1.15 bits per heavy atom. The normalized spacial score (nSPS) is 16.1. The summed E-state index contributed by atoms with van der Waals surface area (Å²) in [5.74, 6) is -0.735. The van der Waals surface area contributed by atoms with E-state index in [2.05, 4.69) is 23.7 Å². The highest BCUT2D eigenvalue weighted by molar-refractivity contribution is 6.13. The third-order valence-electron chi connectivity index (χ3n) is 4.56. The fraction of sp³-hybridized carbons (Fsp3) is 0.300. The number of hydrogen-bond acceptors (Lipinski definition) is 2. The lowest BCUT2D eigenvalue weighted by Crippen LogP contribution is -2.30. The fourth-order valence-electron chi connectivity index (χ4n) is 3.39. The van der Waals surface area contributed by atoms with Crippen molar-refractivity contribution in [1.82, 2.24) is 14.8 Å². The van der Waals surface area contributed by atoms with Crippen LogP contribution in [0, 0.1) is 19.7 Å². The molecule has 0 radical (unpaired) electrons. The SMILES string of the molecule is Cc1cc(/C=C2/NC(=O)N(Cc3ccc(F)cc3)C2=O)c(C)n1C(C)C. The number of hydrogen-bond donors (Lipinski definition) is 1. The molecule has 136 valence electrons. The van der Waals surface area contributed by atoms with E-state index in [4.69, 9.17) is 0 Å². The zero-order valence-corrected chi connectivity index (χ0v) is 15.3. The fourth-order valence-corrected chi connectivity index (χ4v) is 3.39.